The van der Waals surface area contributed by atoms with E-state index in [2.05, 4.69) is 10.6 Å². The maximum absolute atomic E-state index is 12.4. The van der Waals surface area contributed by atoms with Gasteiger partial charge in [-0.1, -0.05) is 6.07 Å². The average molecular weight is 378 g/mol. The monoisotopic (exact) mass is 378 g/mol. The lowest BCUT2D eigenvalue weighted by molar-refractivity contribution is 0.102. The smallest absolute Gasteiger partial charge is 0.255 e. The summed E-state index contributed by atoms with van der Waals surface area (Å²) in [7, 11) is 4.80. The first-order valence-corrected chi connectivity index (χ1v) is 8.67. The fourth-order valence-corrected chi connectivity index (χ4v) is 2.67. The number of amides is 1. The van der Waals surface area contributed by atoms with E-state index in [1.807, 2.05) is 42.5 Å². The van der Waals surface area contributed by atoms with Gasteiger partial charge >= 0.3 is 0 Å². The van der Waals surface area contributed by atoms with E-state index in [1.54, 1.807) is 45.6 Å². The molecule has 3 rings (SSSR count). The number of carbonyl (C=O) groups excluding carboxylic acids is 1. The molecule has 2 N–H and O–H groups in total. The molecule has 0 heterocycles. The average Bonchev–Trinajstić information content (AvgIpc) is 2.75. The van der Waals surface area contributed by atoms with E-state index in [0.29, 0.717) is 22.7 Å². The van der Waals surface area contributed by atoms with Gasteiger partial charge in [0.15, 0.2) is 0 Å². The number of nitrogens with one attached hydrogen (secondary N) is 2. The Morgan fingerprint density at radius 2 is 1.43 bits per heavy atom. The Labute approximate surface area is 164 Å². The molecule has 6 nitrogen and oxygen atoms in total. The van der Waals surface area contributed by atoms with E-state index in [1.165, 1.54) is 0 Å². The van der Waals surface area contributed by atoms with Crippen molar-refractivity contribution in [3.05, 3.63) is 72.3 Å². The number of hydrogen-bond donors (Lipinski definition) is 2. The predicted octanol–water partition coefficient (Wildman–Crippen LogP) is 4.71. The maximum atomic E-state index is 12.4. The van der Waals surface area contributed by atoms with E-state index in [4.69, 9.17) is 14.2 Å². The highest BCUT2D eigenvalue weighted by Crippen LogP contribution is 2.31. The molecular weight excluding hydrogens is 356 g/mol. The summed E-state index contributed by atoms with van der Waals surface area (Å²) in [5.41, 5.74) is 2.86. The first-order chi connectivity index (χ1) is 13.6. The minimum atomic E-state index is -0.200. The molecule has 0 radical (unpaired) electrons. The van der Waals surface area contributed by atoms with Gasteiger partial charge in [0, 0.05) is 23.0 Å². The summed E-state index contributed by atoms with van der Waals surface area (Å²) in [4.78, 5) is 12.4. The molecule has 0 saturated carbocycles. The number of benzene rings is 3. The number of carbonyl (C=O) groups is 1. The summed E-state index contributed by atoms with van der Waals surface area (Å²) in [6, 6.07) is 19.9. The van der Waals surface area contributed by atoms with E-state index in [9.17, 15) is 4.79 Å². The Kier molecular flexibility index (Phi) is 6.01. The summed E-state index contributed by atoms with van der Waals surface area (Å²) in [5.74, 6) is 1.87. The zero-order valence-electron chi connectivity index (χ0n) is 16.0. The van der Waals surface area contributed by atoms with E-state index >= 15 is 0 Å². The van der Waals surface area contributed by atoms with Gasteiger partial charge in [0.05, 0.1) is 27.0 Å². The van der Waals surface area contributed by atoms with E-state index in [0.717, 1.165) is 17.1 Å². The molecule has 0 saturated heterocycles. The van der Waals surface area contributed by atoms with Crippen molar-refractivity contribution in [1.82, 2.24) is 0 Å². The second-order valence-corrected chi connectivity index (χ2v) is 5.95. The van der Waals surface area contributed by atoms with Crippen molar-refractivity contribution in [3.8, 4) is 17.2 Å². The van der Waals surface area contributed by atoms with Gasteiger partial charge in [0.2, 0.25) is 0 Å². The molecule has 6 heteroatoms. The van der Waals surface area contributed by atoms with E-state index in [-0.39, 0.29) is 5.91 Å². The molecule has 0 fully saturated rings. The SMILES string of the molecule is COc1cccc(C(=O)Nc2ccc(Nc3cc(OC)ccc3OC)cc2)c1. The first-order valence-electron chi connectivity index (χ1n) is 8.67. The standard InChI is InChI=1S/C22H22N2O4/c1-26-18-6-4-5-15(13-18)22(25)24-17-9-7-16(8-10-17)23-20-14-19(27-2)11-12-21(20)28-3/h4-14,23H,1-3H3,(H,24,25). The van der Waals surface area contributed by atoms with Crippen LogP contribution in [0.15, 0.2) is 66.7 Å². The van der Waals surface area contributed by atoms with Crippen LogP contribution in [0.1, 0.15) is 10.4 Å². The summed E-state index contributed by atoms with van der Waals surface area (Å²) >= 11 is 0. The third kappa shape index (κ3) is 4.54. The minimum absolute atomic E-state index is 0.200. The van der Waals surface area contributed by atoms with Crippen LogP contribution in [0.5, 0.6) is 17.2 Å². The highest BCUT2D eigenvalue weighted by Gasteiger charge is 2.08. The molecule has 3 aromatic carbocycles. The van der Waals surface area contributed by atoms with Crippen molar-refractivity contribution < 1.29 is 19.0 Å². The molecule has 0 bridgehead atoms. The van der Waals surface area contributed by atoms with Crippen molar-refractivity contribution in [1.29, 1.82) is 0 Å². The normalized spacial score (nSPS) is 10.1. The molecule has 0 unspecified atom stereocenters. The predicted molar refractivity (Wildman–Crippen MR) is 110 cm³/mol. The quantitative estimate of drug-likeness (QED) is 0.623. The Bertz CT molecular complexity index is 955. The van der Waals surface area contributed by atoms with Gasteiger partial charge in [-0.3, -0.25) is 4.79 Å². The highest BCUT2D eigenvalue weighted by molar-refractivity contribution is 6.04. The number of ether oxygens (including phenoxy) is 3. The molecular formula is C22H22N2O4. The second kappa shape index (κ2) is 8.81. The van der Waals surface area contributed by atoms with Gasteiger partial charge < -0.3 is 24.8 Å². The van der Waals surface area contributed by atoms with Crippen molar-refractivity contribution in [2.75, 3.05) is 32.0 Å². The zero-order valence-corrected chi connectivity index (χ0v) is 16.0. The molecule has 28 heavy (non-hydrogen) atoms. The van der Waals surface area contributed by atoms with Gasteiger partial charge in [0.25, 0.3) is 5.91 Å². The van der Waals surface area contributed by atoms with Crippen LogP contribution >= 0.6 is 0 Å². The summed E-state index contributed by atoms with van der Waals surface area (Å²) < 4.78 is 15.8. The lowest BCUT2D eigenvalue weighted by Crippen LogP contribution is -2.11. The zero-order chi connectivity index (χ0) is 19.9. The Balaban J connectivity index is 1.71. The molecule has 144 valence electrons. The second-order valence-electron chi connectivity index (χ2n) is 5.95. The van der Waals surface area contributed by atoms with Gasteiger partial charge in [-0.25, -0.2) is 0 Å². The topological polar surface area (TPSA) is 68.8 Å². The maximum Gasteiger partial charge on any atom is 0.255 e. The Morgan fingerprint density at radius 1 is 0.750 bits per heavy atom. The summed E-state index contributed by atoms with van der Waals surface area (Å²) in [6.45, 7) is 0. The summed E-state index contributed by atoms with van der Waals surface area (Å²) in [6.07, 6.45) is 0. The fourth-order valence-electron chi connectivity index (χ4n) is 2.67. The minimum Gasteiger partial charge on any atom is -0.497 e. The number of hydrogen-bond acceptors (Lipinski definition) is 5. The van der Waals surface area contributed by atoms with Gasteiger partial charge in [0.1, 0.15) is 17.2 Å². The molecule has 0 aliphatic rings. The Morgan fingerprint density at radius 3 is 2.11 bits per heavy atom. The van der Waals surface area contributed by atoms with Crippen LogP contribution in [0.3, 0.4) is 0 Å². The van der Waals surface area contributed by atoms with Gasteiger partial charge in [-0.2, -0.15) is 0 Å². The van der Waals surface area contributed by atoms with Gasteiger partial charge in [-0.15, -0.1) is 0 Å². The van der Waals surface area contributed by atoms with Crippen molar-refractivity contribution in [2.45, 2.75) is 0 Å². The molecule has 0 aromatic heterocycles. The van der Waals surface area contributed by atoms with Crippen LogP contribution in [0.2, 0.25) is 0 Å². The summed E-state index contributed by atoms with van der Waals surface area (Å²) in [5, 5.41) is 6.17. The first kappa shape index (κ1) is 19.1. The van der Waals surface area contributed by atoms with Crippen LogP contribution in [-0.2, 0) is 0 Å². The lowest BCUT2D eigenvalue weighted by Gasteiger charge is -2.13. The van der Waals surface area contributed by atoms with Crippen LogP contribution in [-0.4, -0.2) is 27.2 Å². The van der Waals surface area contributed by atoms with E-state index < -0.39 is 0 Å². The van der Waals surface area contributed by atoms with Crippen molar-refractivity contribution in [3.63, 3.8) is 0 Å². The van der Waals surface area contributed by atoms with Crippen LogP contribution in [0.25, 0.3) is 0 Å². The molecule has 1 amide bonds. The number of methoxy groups -OCH3 is 3. The largest absolute Gasteiger partial charge is 0.497 e. The van der Waals surface area contributed by atoms with Crippen molar-refractivity contribution in [2.24, 2.45) is 0 Å². The molecule has 0 aliphatic heterocycles. The third-order valence-electron chi connectivity index (χ3n) is 4.16. The molecule has 0 aliphatic carbocycles. The third-order valence-corrected chi connectivity index (χ3v) is 4.16. The Hall–Kier alpha value is -3.67. The van der Waals surface area contributed by atoms with Gasteiger partial charge in [-0.05, 0) is 54.6 Å². The van der Waals surface area contributed by atoms with Crippen LogP contribution in [0, 0.1) is 0 Å². The molecule has 0 spiro atoms. The van der Waals surface area contributed by atoms with Crippen LogP contribution < -0.4 is 24.8 Å². The number of rotatable bonds is 7. The van der Waals surface area contributed by atoms with Crippen molar-refractivity contribution >= 4 is 23.0 Å². The molecule has 0 atom stereocenters. The molecule has 3 aromatic rings. The van der Waals surface area contributed by atoms with Crippen LogP contribution in [0.4, 0.5) is 17.1 Å². The lowest BCUT2D eigenvalue weighted by atomic mass is 10.2. The number of anilines is 3. The highest BCUT2D eigenvalue weighted by atomic mass is 16.5. The fraction of sp³-hybridized carbons (Fsp3) is 0.136.